The maximum atomic E-state index is 12.8. The minimum atomic E-state index is -0.631. The van der Waals surface area contributed by atoms with Crippen LogP contribution in [0.15, 0.2) is 36.4 Å². The van der Waals surface area contributed by atoms with Crippen LogP contribution in [0.25, 0.3) is 6.08 Å². The number of hydrogen-bond acceptors (Lipinski definition) is 7. The number of nitrogens with zero attached hydrogens (tertiary/aromatic N) is 3. The van der Waals surface area contributed by atoms with Crippen LogP contribution in [0.3, 0.4) is 0 Å². The third kappa shape index (κ3) is 3.92. The summed E-state index contributed by atoms with van der Waals surface area (Å²) in [6.07, 6.45) is 2.89. The number of hydrogen-bond donors (Lipinski definition) is 2. The summed E-state index contributed by atoms with van der Waals surface area (Å²) in [4.78, 5) is 39.1. The Labute approximate surface area is 166 Å². The van der Waals surface area contributed by atoms with Crippen molar-refractivity contribution in [3.05, 3.63) is 52.1 Å². The van der Waals surface area contributed by atoms with Gasteiger partial charge in [0.25, 0.3) is 17.5 Å². The Bertz CT molecular complexity index is 892. The first-order valence-corrected chi connectivity index (χ1v) is 9.07. The molecule has 2 amide bonds. The van der Waals surface area contributed by atoms with Gasteiger partial charge in [0.15, 0.2) is 5.11 Å². The fraction of sp³-hybridized carbons (Fsp3) is 0.278. The molecule has 0 bridgehead atoms. The van der Waals surface area contributed by atoms with Crippen LogP contribution in [0.5, 0.6) is 0 Å². The number of non-ortho nitro benzene ring substituents is 1. The van der Waals surface area contributed by atoms with Gasteiger partial charge in [-0.05, 0) is 24.4 Å². The molecule has 3 rings (SSSR count). The first-order chi connectivity index (χ1) is 13.4. The maximum Gasteiger partial charge on any atom is 0.270 e. The molecule has 1 aromatic carbocycles. The molecule has 2 N–H and O–H groups in total. The average Bonchev–Trinajstić information content (AvgIpc) is 2.69. The summed E-state index contributed by atoms with van der Waals surface area (Å²) in [6, 6.07) is 4.43. The molecule has 28 heavy (non-hydrogen) atoms. The molecule has 0 unspecified atom stereocenters. The number of carbonyl (C=O) groups excluding carboxylic acids is 2. The van der Waals surface area contributed by atoms with E-state index in [0.29, 0.717) is 18.7 Å². The van der Waals surface area contributed by atoms with Crippen LogP contribution in [0.2, 0.25) is 0 Å². The second-order valence-electron chi connectivity index (χ2n) is 6.26. The summed E-state index contributed by atoms with van der Waals surface area (Å²) < 4.78 is 0. The van der Waals surface area contributed by atoms with Crippen molar-refractivity contribution in [2.75, 3.05) is 37.6 Å². The molecule has 146 valence electrons. The van der Waals surface area contributed by atoms with Gasteiger partial charge in [-0.15, -0.1) is 6.58 Å². The number of rotatable bonds is 5. The van der Waals surface area contributed by atoms with Gasteiger partial charge in [-0.1, -0.05) is 6.08 Å². The molecule has 9 nitrogen and oxygen atoms in total. The number of nitro benzene ring substituents is 1. The van der Waals surface area contributed by atoms with Gasteiger partial charge >= 0.3 is 0 Å². The van der Waals surface area contributed by atoms with Crippen molar-refractivity contribution in [1.82, 2.24) is 15.5 Å². The fourth-order valence-electron chi connectivity index (χ4n) is 3.11. The van der Waals surface area contributed by atoms with Gasteiger partial charge in [0.1, 0.15) is 5.57 Å². The second-order valence-corrected chi connectivity index (χ2v) is 6.65. The molecular weight excluding hydrogens is 382 g/mol. The molecule has 0 atom stereocenters. The monoisotopic (exact) mass is 401 g/mol. The van der Waals surface area contributed by atoms with Crippen LogP contribution in [-0.2, 0) is 9.59 Å². The number of carbonyl (C=O) groups is 2. The molecule has 0 aromatic heterocycles. The molecule has 2 heterocycles. The smallest absolute Gasteiger partial charge is 0.270 e. The van der Waals surface area contributed by atoms with Crippen molar-refractivity contribution >= 4 is 46.6 Å². The number of piperazine rings is 1. The molecule has 0 radical (unpaired) electrons. The highest BCUT2D eigenvalue weighted by Gasteiger charge is 2.33. The largest absolute Gasteiger partial charge is 0.368 e. The Morgan fingerprint density at radius 3 is 2.64 bits per heavy atom. The summed E-state index contributed by atoms with van der Waals surface area (Å²) in [5.41, 5.74) is 0.907. The van der Waals surface area contributed by atoms with E-state index < -0.39 is 16.7 Å². The van der Waals surface area contributed by atoms with Gasteiger partial charge in [0.05, 0.1) is 4.92 Å². The lowest BCUT2D eigenvalue weighted by atomic mass is 10.0. The highest BCUT2D eigenvalue weighted by atomic mass is 32.1. The number of benzene rings is 1. The predicted molar refractivity (Wildman–Crippen MR) is 109 cm³/mol. The van der Waals surface area contributed by atoms with Gasteiger partial charge in [0, 0.05) is 56.1 Å². The second kappa shape index (κ2) is 8.28. The van der Waals surface area contributed by atoms with E-state index in [1.54, 1.807) is 6.07 Å². The van der Waals surface area contributed by atoms with Crippen molar-refractivity contribution in [2.45, 2.75) is 0 Å². The Kier molecular flexibility index (Phi) is 5.81. The lowest BCUT2D eigenvalue weighted by molar-refractivity contribution is -0.384. The average molecular weight is 401 g/mol. The van der Waals surface area contributed by atoms with Crippen LogP contribution >= 0.6 is 12.2 Å². The summed E-state index contributed by atoms with van der Waals surface area (Å²) in [5, 5.41) is 16.9. The first kappa shape index (κ1) is 19.6. The third-order valence-corrected chi connectivity index (χ3v) is 4.80. The van der Waals surface area contributed by atoms with Crippen molar-refractivity contribution in [2.24, 2.45) is 0 Å². The van der Waals surface area contributed by atoms with Crippen molar-refractivity contribution in [1.29, 1.82) is 0 Å². The minimum absolute atomic E-state index is 0.00780. The lowest BCUT2D eigenvalue weighted by Gasteiger charge is -2.31. The zero-order chi connectivity index (χ0) is 20.3. The molecule has 0 aliphatic carbocycles. The minimum Gasteiger partial charge on any atom is -0.368 e. The van der Waals surface area contributed by atoms with E-state index in [0.717, 1.165) is 18.8 Å². The Balaban J connectivity index is 2.06. The topological polar surface area (TPSA) is 108 Å². The van der Waals surface area contributed by atoms with Crippen LogP contribution in [0.1, 0.15) is 5.56 Å². The predicted octanol–water partition coefficient (Wildman–Crippen LogP) is 0.817. The zero-order valence-electron chi connectivity index (χ0n) is 15.0. The van der Waals surface area contributed by atoms with E-state index in [1.165, 1.54) is 29.2 Å². The molecule has 10 heteroatoms. The van der Waals surface area contributed by atoms with E-state index in [4.69, 9.17) is 12.2 Å². The molecule has 2 aliphatic heterocycles. The third-order valence-electron chi connectivity index (χ3n) is 4.48. The summed E-state index contributed by atoms with van der Waals surface area (Å²) in [7, 11) is 0. The Hall–Kier alpha value is -3.11. The highest BCUT2D eigenvalue weighted by Crippen LogP contribution is 2.29. The van der Waals surface area contributed by atoms with E-state index >= 15 is 0 Å². The highest BCUT2D eigenvalue weighted by molar-refractivity contribution is 7.80. The van der Waals surface area contributed by atoms with Crippen LogP contribution in [0, 0.1) is 10.1 Å². The number of anilines is 1. The lowest BCUT2D eigenvalue weighted by Crippen LogP contribution is -2.53. The molecular formula is C18H19N5O4S. The Morgan fingerprint density at radius 1 is 1.29 bits per heavy atom. The summed E-state index contributed by atoms with van der Waals surface area (Å²) >= 11 is 5.04. The zero-order valence-corrected chi connectivity index (χ0v) is 15.8. The van der Waals surface area contributed by atoms with E-state index in [2.05, 4.69) is 22.1 Å². The Morgan fingerprint density at radius 2 is 2.00 bits per heavy atom. The molecule has 0 saturated carbocycles. The van der Waals surface area contributed by atoms with Gasteiger partial charge in [-0.3, -0.25) is 29.9 Å². The van der Waals surface area contributed by atoms with Crippen LogP contribution < -0.4 is 15.5 Å². The molecule has 2 aliphatic rings. The normalized spacial score (nSPS) is 19.0. The fourth-order valence-corrected chi connectivity index (χ4v) is 3.36. The van der Waals surface area contributed by atoms with Gasteiger partial charge in [-0.2, -0.15) is 0 Å². The molecule has 0 spiro atoms. The standard InChI is InChI=1S/C18H19N5O4S/c1-2-7-22-17(25)14(16(24)20-18(22)28)11-12-10-13(23(26)27)3-4-15(12)21-8-5-19-6-9-21/h2-4,10-11,19H,1,5-9H2,(H,20,24,28)/b14-11-. The first-order valence-electron chi connectivity index (χ1n) is 8.66. The van der Waals surface area contributed by atoms with E-state index in [9.17, 15) is 19.7 Å². The molecule has 1 aromatic rings. The van der Waals surface area contributed by atoms with Crippen molar-refractivity contribution in [3.63, 3.8) is 0 Å². The molecule has 2 saturated heterocycles. The number of nitro groups is 1. The number of nitrogens with one attached hydrogen (secondary N) is 2. The summed E-state index contributed by atoms with van der Waals surface area (Å²) in [5.74, 6) is -1.19. The maximum absolute atomic E-state index is 12.8. The number of amides is 2. The molecule has 2 fully saturated rings. The van der Waals surface area contributed by atoms with Gasteiger partial charge in [0.2, 0.25) is 0 Å². The van der Waals surface area contributed by atoms with E-state index in [1.807, 2.05) is 0 Å². The van der Waals surface area contributed by atoms with Crippen molar-refractivity contribution in [3.8, 4) is 0 Å². The van der Waals surface area contributed by atoms with Crippen LogP contribution in [-0.4, -0.2) is 59.5 Å². The van der Waals surface area contributed by atoms with Crippen LogP contribution in [0.4, 0.5) is 11.4 Å². The van der Waals surface area contributed by atoms with E-state index in [-0.39, 0.29) is 22.9 Å². The quantitative estimate of drug-likeness (QED) is 0.188. The van der Waals surface area contributed by atoms with Crippen molar-refractivity contribution < 1.29 is 14.5 Å². The van der Waals surface area contributed by atoms with Gasteiger partial charge in [-0.25, -0.2) is 0 Å². The summed E-state index contributed by atoms with van der Waals surface area (Å²) in [6.45, 7) is 6.69. The van der Waals surface area contributed by atoms with Gasteiger partial charge < -0.3 is 10.2 Å². The number of thiocarbonyl (C=S) groups is 1. The SMILES string of the molecule is C=CCN1C(=O)/C(=C\c2cc([N+](=O)[O-])ccc2N2CCNCC2)C(=O)NC1=S.